The second-order valence-corrected chi connectivity index (χ2v) is 6.66. The summed E-state index contributed by atoms with van der Waals surface area (Å²) in [7, 11) is 0. The maximum atomic E-state index is 12.8. The first-order valence-corrected chi connectivity index (χ1v) is 9.49. The zero-order valence-electron chi connectivity index (χ0n) is 15.4. The van der Waals surface area contributed by atoms with Crippen LogP contribution in [0.25, 0.3) is 0 Å². The van der Waals surface area contributed by atoms with E-state index in [-0.39, 0.29) is 18.1 Å². The van der Waals surface area contributed by atoms with Crippen LogP contribution in [0.2, 0.25) is 0 Å². The van der Waals surface area contributed by atoms with Crippen LogP contribution in [0.3, 0.4) is 0 Å². The highest BCUT2D eigenvalue weighted by atomic mass is 16.5. The molecule has 1 aromatic carbocycles. The topological polar surface area (TPSA) is 55.6 Å². The SMILES string of the molecule is CCCCCCCN1C(=O)C(CC)Oc2ccc(C(N)CC)cc21. The van der Waals surface area contributed by atoms with E-state index in [1.807, 2.05) is 30.0 Å². The highest BCUT2D eigenvalue weighted by Crippen LogP contribution is 2.37. The lowest BCUT2D eigenvalue weighted by molar-refractivity contribution is -0.126. The molecule has 0 spiro atoms. The molecule has 0 saturated carbocycles. The van der Waals surface area contributed by atoms with Crippen molar-refractivity contribution >= 4 is 11.6 Å². The van der Waals surface area contributed by atoms with Gasteiger partial charge in [0.2, 0.25) is 0 Å². The first kappa shape index (κ1) is 18.8. The van der Waals surface area contributed by atoms with E-state index < -0.39 is 0 Å². The lowest BCUT2D eigenvalue weighted by atomic mass is 10.0. The summed E-state index contributed by atoms with van der Waals surface area (Å²) in [6, 6.07) is 6.04. The van der Waals surface area contributed by atoms with E-state index in [2.05, 4.69) is 13.8 Å². The van der Waals surface area contributed by atoms with Gasteiger partial charge in [0.25, 0.3) is 5.91 Å². The summed E-state index contributed by atoms with van der Waals surface area (Å²) in [5.74, 6) is 0.893. The molecule has 4 nitrogen and oxygen atoms in total. The Labute approximate surface area is 146 Å². The maximum absolute atomic E-state index is 12.8. The third-order valence-electron chi connectivity index (χ3n) is 4.81. The van der Waals surface area contributed by atoms with Gasteiger partial charge in [0.15, 0.2) is 6.10 Å². The Balaban J connectivity index is 2.19. The first-order chi connectivity index (χ1) is 11.6. The molecule has 1 heterocycles. The Kier molecular flexibility index (Phi) is 7.10. The Bertz CT molecular complexity index is 544. The first-order valence-electron chi connectivity index (χ1n) is 9.49. The van der Waals surface area contributed by atoms with E-state index in [0.29, 0.717) is 6.42 Å². The van der Waals surface area contributed by atoms with Gasteiger partial charge in [-0.05, 0) is 37.0 Å². The van der Waals surface area contributed by atoms with Gasteiger partial charge < -0.3 is 15.4 Å². The number of carbonyl (C=O) groups excluding carboxylic acids is 1. The smallest absolute Gasteiger partial charge is 0.268 e. The van der Waals surface area contributed by atoms with Crippen molar-refractivity contribution in [1.29, 1.82) is 0 Å². The monoisotopic (exact) mass is 332 g/mol. The van der Waals surface area contributed by atoms with Crippen LogP contribution in [0, 0.1) is 0 Å². The predicted octanol–water partition coefficient (Wildman–Crippen LogP) is 4.57. The molecule has 2 atom stereocenters. The molecule has 134 valence electrons. The molecule has 1 aliphatic rings. The van der Waals surface area contributed by atoms with E-state index in [1.165, 1.54) is 25.7 Å². The zero-order chi connectivity index (χ0) is 17.5. The van der Waals surface area contributed by atoms with Crippen LogP contribution < -0.4 is 15.4 Å². The summed E-state index contributed by atoms with van der Waals surface area (Å²) in [6.07, 6.45) is 7.14. The number of unbranched alkanes of at least 4 members (excludes halogenated alkanes) is 4. The van der Waals surface area contributed by atoms with Crippen molar-refractivity contribution in [2.24, 2.45) is 5.73 Å². The van der Waals surface area contributed by atoms with Crippen molar-refractivity contribution in [1.82, 2.24) is 0 Å². The van der Waals surface area contributed by atoms with Crippen LogP contribution in [-0.4, -0.2) is 18.6 Å². The van der Waals surface area contributed by atoms with E-state index in [0.717, 1.165) is 36.4 Å². The Morgan fingerprint density at radius 1 is 1.17 bits per heavy atom. The summed E-state index contributed by atoms with van der Waals surface area (Å²) >= 11 is 0. The van der Waals surface area contributed by atoms with Gasteiger partial charge in [0, 0.05) is 12.6 Å². The van der Waals surface area contributed by atoms with Crippen molar-refractivity contribution in [3.63, 3.8) is 0 Å². The fourth-order valence-corrected chi connectivity index (χ4v) is 3.17. The van der Waals surface area contributed by atoms with Crippen molar-refractivity contribution < 1.29 is 9.53 Å². The number of amides is 1. The van der Waals surface area contributed by atoms with Crippen LogP contribution in [-0.2, 0) is 4.79 Å². The van der Waals surface area contributed by atoms with Gasteiger partial charge in [-0.1, -0.05) is 52.5 Å². The van der Waals surface area contributed by atoms with Crippen molar-refractivity contribution in [2.75, 3.05) is 11.4 Å². The Morgan fingerprint density at radius 2 is 1.92 bits per heavy atom. The number of hydrogen-bond acceptors (Lipinski definition) is 3. The number of fused-ring (bicyclic) bond motifs is 1. The second-order valence-electron chi connectivity index (χ2n) is 6.66. The maximum Gasteiger partial charge on any atom is 0.268 e. The van der Waals surface area contributed by atoms with Gasteiger partial charge in [0.1, 0.15) is 5.75 Å². The number of benzene rings is 1. The fraction of sp³-hybridized carbons (Fsp3) is 0.650. The number of hydrogen-bond donors (Lipinski definition) is 1. The predicted molar refractivity (Wildman–Crippen MR) is 99.5 cm³/mol. The van der Waals surface area contributed by atoms with E-state index in [1.54, 1.807) is 0 Å². The minimum absolute atomic E-state index is 0.000653. The molecular formula is C20H32N2O2. The van der Waals surface area contributed by atoms with Crippen molar-refractivity contribution in [2.45, 2.75) is 77.9 Å². The molecule has 0 radical (unpaired) electrons. The lowest BCUT2D eigenvalue weighted by Gasteiger charge is -2.34. The molecule has 24 heavy (non-hydrogen) atoms. The largest absolute Gasteiger partial charge is 0.478 e. The molecule has 2 unspecified atom stereocenters. The Hall–Kier alpha value is -1.55. The van der Waals surface area contributed by atoms with E-state index in [9.17, 15) is 4.79 Å². The number of ether oxygens (including phenoxy) is 1. The third-order valence-corrected chi connectivity index (χ3v) is 4.81. The molecule has 0 aromatic heterocycles. The van der Waals surface area contributed by atoms with Crippen LogP contribution in [0.15, 0.2) is 18.2 Å². The molecule has 2 rings (SSSR count). The average molecular weight is 332 g/mol. The molecule has 1 aromatic rings. The highest BCUT2D eigenvalue weighted by molar-refractivity contribution is 6.00. The summed E-state index contributed by atoms with van der Waals surface area (Å²) < 4.78 is 5.90. The second kappa shape index (κ2) is 9.07. The Morgan fingerprint density at radius 3 is 2.58 bits per heavy atom. The van der Waals surface area contributed by atoms with Gasteiger partial charge in [-0.15, -0.1) is 0 Å². The highest BCUT2D eigenvalue weighted by Gasteiger charge is 2.33. The summed E-state index contributed by atoms with van der Waals surface area (Å²) in [4.78, 5) is 14.7. The van der Waals surface area contributed by atoms with Gasteiger partial charge in [-0.25, -0.2) is 0 Å². The summed E-state index contributed by atoms with van der Waals surface area (Å²) in [5, 5.41) is 0. The van der Waals surface area contributed by atoms with E-state index >= 15 is 0 Å². The molecule has 0 fully saturated rings. The minimum Gasteiger partial charge on any atom is -0.478 e. The molecule has 4 heteroatoms. The van der Waals surface area contributed by atoms with Crippen LogP contribution in [0.4, 0.5) is 5.69 Å². The molecule has 0 bridgehead atoms. The molecule has 1 aliphatic heterocycles. The van der Waals surface area contributed by atoms with Gasteiger partial charge in [-0.2, -0.15) is 0 Å². The number of nitrogens with zero attached hydrogens (tertiary/aromatic N) is 1. The number of rotatable bonds is 9. The summed E-state index contributed by atoms with van der Waals surface area (Å²) in [6.45, 7) is 7.05. The molecular weight excluding hydrogens is 300 g/mol. The van der Waals surface area contributed by atoms with Crippen LogP contribution >= 0.6 is 0 Å². The molecule has 2 N–H and O–H groups in total. The fourth-order valence-electron chi connectivity index (χ4n) is 3.17. The quantitative estimate of drug-likeness (QED) is 0.674. The standard InChI is InChI=1S/C20H32N2O2/c1-4-7-8-9-10-13-22-17-14-15(16(21)5-2)11-12-19(17)24-18(6-3)20(22)23/h11-12,14,16,18H,4-10,13,21H2,1-3H3. The number of nitrogens with two attached hydrogens (primary N) is 1. The molecule has 0 saturated heterocycles. The number of carbonyl (C=O) groups is 1. The van der Waals surface area contributed by atoms with Crippen molar-refractivity contribution in [3.05, 3.63) is 23.8 Å². The minimum atomic E-state index is -0.362. The van der Waals surface area contributed by atoms with Crippen molar-refractivity contribution in [3.8, 4) is 5.75 Å². The summed E-state index contributed by atoms with van der Waals surface area (Å²) in [5.41, 5.74) is 8.13. The van der Waals surface area contributed by atoms with Gasteiger partial charge in [-0.3, -0.25) is 4.79 Å². The van der Waals surface area contributed by atoms with Crippen LogP contribution in [0.5, 0.6) is 5.75 Å². The lowest BCUT2D eigenvalue weighted by Crippen LogP contribution is -2.46. The van der Waals surface area contributed by atoms with Gasteiger partial charge in [0.05, 0.1) is 5.69 Å². The molecule has 1 amide bonds. The van der Waals surface area contributed by atoms with Gasteiger partial charge >= 0.3 is 0 Å². The number of anilines is 1. The zero-order valence-corrected chi connectivity index (χ0v) is 15.4. The molecule has 0 aliphatic carbocycles. The normalized spacial score (nSPS) is 18.2. The third kappa shape index (κ3) is 4.29. The van der Waals surface area contributed by atoms with Crippen LogP contribution in [0.1, 0.15) is 77.3 Å². The average Bonchev–Trinajstić information content (AvgIpc) is 2.61. The van der Waals surface area contributed by atoms with E-state index in [4.69, 9.17) is 10.5 Å².